The Morgan fingerprint density at radius 2 is 2.04 bits per heavy atom. The molecule has 126 valence electrons. The zero-order valence-corrected chi connectivity index (χ0v) is 13.6. The van der Waals surface area contributed by atoms with Crippen LogP contribution in [0.1, 0.15) is 25.5 Å². The lowest BCUT2D eigenvalue weighted by Gasteiger charge is -2.23. The Kier molecular flexibility index (Phi) is 4.61. The molecule has 2 N–H and O–H groups in total. The Morgan fingerprint density at radius 1 is 1.29 bits per heavy atom. The molecule has 0 bridgehead atoms. The van der Waals surface area contributed by atoms with Crippen LogP contribution in [-0.4, -0.2) is 39.9 Å². The molecule has 7 nitrogen and oxygen atoms in total. The van der Waals surface area contributed by atoms with Gasteiger partial charge in [-0.1, -0.05) is 30.3 Å². The molecule has 0 unspecified atom stereocenters. The topological polar surface area (TPSA) is 87.6 Å². The van der Waals surface area contributed by atoms with Crippen LogP contribution < -0.4 is 10.2 Å². The van der Waals surface area contributed by atoms with Crippen LogP contribution in [-0.2, 0) is 4.74 Å². The molecular weight excluding hydrogens is 308 g/mol. The monoisotopic (exact) mass is 328 g/mol. The van der Waals surface area contributed by atoms with Gasteiger partial charge in [0.1, 0.15) is 18.5 Å². The number of nitrogens with one attached hydrogen (secondary N) is 1. The first kappa shape index (κ1) is 16.2. The van der Waals surface area contributed by atoms with Crippen LogP contribution in [0.15, 0.2) is 42.6 Å². The highest BCUT2D eigenvalue weighted by molar-refractivity contribution is 5.89. The van der Waals surface area contributed by atoms with Crippen LogP contribution in [0.2, 0.25) is 0 Å². The van der Waals surface area contributed by atoms with E-state index < -0.39 is 18.2 Å². The fourth-order valence-corrected chi connectivity index (χ4v) is 2.63. The lowest BCUT2D eigenvalue weighted by atomic mass is 10.1. The minimum absolute atomic E-state index is 0.0135. The summed E-state index contributed by atoms with van der Waals surface area (Å²) in [5.41, 5.74) is 1.11. The fraction of sp³-hybridized carbons (Fsp3) is 0.353. The average molecular weight is 328 g/mol. The molecule has 0 radical (unpaired) electrons. The summed E-state index contributed by atoms with van der Waals surface area (Å²) in [5.74, 6) is 0.814. The van der Waals surface area contributed by atoms with Crippen molar-refractivity contribution in [2.45, 2.75) is 32.0 Å². The number of hydrogen-bond donors (Lipinski definition) is 2. The van der Waals surface area contributed by atoms with Crippen molar-refractivity contribution < 1.29 is 14.6 Å². The summed E-state index contributed by atoms with van der Waals surface area (Å²) in [6, 6.07) is 11.1. The molecule has 2 heterocycles. The molecule has 3 rings (SSSR count). The maximum Gasteiger partial charge on any atom is 0.416 e. The van der Waals surface area contributed by atoms with Gasteiger partial charge in [-0.2, -0.15) is 4.98 Å². The van der Waals surface area contributed by atoms with Gasteiger partial charge in [0.05, 0.1) is 12.1 Å². The lowest BCUT2D eigenvalue weighted by molar-refractivity contribution is 0.142. The van der Waals surface area contributed by atoms with E-state index in [9.17, 15) is 9.90 Å². The van der Waals surface area contributed by atoms with E-state index in [0.717, 1.165) is 5.56 Å². The second-order valence-corrected chi connectivity index (χ2v) is 5.77. The van der Waals surface area contributed by atoms with Crippen molar-refractivity contribution in [3.05, 3.63) is 48.2 Å². The highest BCUT2D eigenvalue weighted by Crippen LogP contribution is 2.24. The van der Waals surface area contributed by atoms with Crippen LogP contribution in [0.4, 0.5) is 16.6 Å². The number of amides is 1. The van der Waals surface area contributed by atoms with Crippen LogP contribution in [0.3, 0.4) is 0 Å². The fourth-order valence-electron chi connectivity index (χ4n) is 2.63. The number of hydrogen-bond acceptors (Lipinski definition) is 6. The largest absolute Gasteiger partial charge is 0.447 e. The number of aromatic nitrogens is 2. The third kappa shape index (κ3) is 3.30. The van der Waals surface area contributed by atoms with E-state index in [2.05, 4.69) is 15.3 Å². The van der Waals surface area contributed by atoms with E-state index in [-0.39, 0.29) is 12.6 Å². The maximum atomic E-state index is 12.0. The summed E-state index contributed by atoms with van der Waals surface area (Å²) < 4.78 is 5.03. The molecular formula is C17H20N4O3. The van der Waals surface area contributed by atoms with E-state index >= 15 is 0 Å². The van der Waals surface area contributed by atoms with Crippen molar-refractivity contribution in [3.63, 3.8) is 0 Å². The summed E-state index contributed by atoms with van der Waals surface area (Å²) in [7, 11) is 0. The van der Waals surface area contributed by atoms with Gasteiger partial charge >= 0.3 is 6.09 Å². The van der Waals surface area contributed by atoms with Gasteiger partial charge in [-0.25, -0.2) is 9.78 Å². The molecule has 0 saturated carbocycles. The number of benzene rings is 1. The number of carbonyl (C=O) groups excluding carboxylic acids is 1. The summed E-state index contributed by atoms with van der Waals surface area (Å²) in [5, 5.41) is 13.0. The highest BCUT2D eigenvalue weighted by Gasteiger charge is 2.38. The molecule has 24 heavy (non-hydrogen) atoms. The number of carbonyl (C=O) groups is 1. The second-order valence-electron chi connectivity index (χ2n) is 5.77. The summed E-state index contributed by atoms with van der Waals surface area (Å²) in [6.45, 7) is 3.77. The zero-order chi connectivity index (χ0) is 17.1. The summed E-state index contributed by atoms with van der Waals surface area (Å²) >= 11 is 0. The van der Waals surface area contributed by atoms with Crippen molar-refractivity contribution in [2.24, 2.45) is 0 Å². The van der Waals surface area contributed by atoms with Crippen LogP contribution >= 0.6 is 0 Å². The van der Waals surface area contributed by atoms with Crippen molar-refractivity contribution >= 4 is 17.9 Å². The van der Waals surface area contributed by atoms with Gasteiger partial charge in [-0.05, 0) is 25.5 Å². The van der Waals surface area contributed by atoms with Crippen LogP contribution in [0, 0.1) is 0 Å². The standard InChI is InChI=1S/C17H20N4O3/c1-11(13-6-4-3-5-7-13)19-16-18-9-8-15(20-16)21-14(12(2)22)10-24-17(21)23/h3-9,11-12,14,22H,10H2,1-2H3,(H,18,19,20)/t11-,12+,14+/m0/s1. The normalized spacial score (nSPS) is 19.7. The lowest BCUT2D eigenvalue weighted by Crippen LogP contribution is -2.41. The van der Waals surface area contributed by atoms with Gasteiger partial charge < -0.3 is 15.2 Å². The third-order valence-electron chi connectivity index (χ3n) is 4.00. The van der Waals surface area contributed by atoms with Crippen LogP contribution in [0.25, 0.3) is 0 Å². The Balaban J connectivity index is 1.80. The van der Waals surface area contributed by atoms with E-state index in [0.29, 0.717) is 11.8 Å². The number of anilines is 2. The molecule has 2 aromatic rings. The van der Waals surface area contributed by atoms with Gasteiger partial charge in [0, 0.05) is 6.20 Å². The van der Waals surface area contributed by atoms with E-state index in [4.69, 9.17) is 4.74 Å². The Morgan fingerprint density at radius 3 is 2.75 bits per heavy atom. The number of aliphatic hydroxyl groups is 1. The number of aliphatic hydroxyl groups excluding tert-OH is 1. The molecule has 1 amide bonds. The predicted octanol–water partition coefficient (Wildman–Crippen LogP) is 2.36. The minimum Gasteiger partial charge on any atom is -0.447 e. The van der Waals surface area contributed by atoms with Crippen LogP contribution in [0.5, 0.6) is 0 Å². The number of ether oxygens (including phenoxy) is 1. The molecule has 1 aromatic heterocycles. The molecule has 1 saturated heterocycles. The molecule has 1 aromatic carbocycles. The first-order valence-corrected chi connectivity index (χ1v) is 7.85. The van der Waals surface area contributed by atoms with E-state index in [1.54, 1.807) is 19.2 Å². The zero-order valence-electron chi connectivity index (χ0n) is 13.6. The first-order chi connectivity index (χ1) is 11.6. The van der Waals surface area contributed by atoms with Gasteiger partial charge in [0.15, 0.2) is 0 Å². The Hall–Kier alpha value is -2.67. The number of nitrogens with zero attached hydrogens (tertiary/aromatic N) is 3. The molecule has 0 aliphatic carbocycles. The SMILES string of the molecule is C[C@H](Nc1nccc(N2C(=O)OC[C@@H]2[C@@H](C)O)n1)c1ccccc1. The highest BCUT2D eigenvalue weighted by atomic mass is 16.6. The first-order valence-electron chi connectivity index (χ1n) is 7.85. The third-order valence-corrected chi connectivity index (χ3v) is 4.00. The van der Waals surface area contributed by atoms with Crippen molar-refractivity contribution in [1.82, 2.24) is 9.97 Å². The maximum absolute atomic E-state index is 12.0. The van der Waals surface area contributed by atoms with E-state index in [1.165, 1.54) is 4.90 Å². The number of cyclic esters (lactones) is 1. The smallest absolute Gasteiger partial charge is 0.416 e. The summed E-state index contributed by atoms with van der Waals surface area (Å²) in [4.78, 5) is 21.9. The number of rotatable bonds is 5. The minimum atomic E-state index is -0.717. The van der Waals surface area contributed by atoms with Gasteiger partial charge in [0.2, 0.25) is 5.95 Å². The average Bonchev–Trinajstić information content (AvgIpc) is 2.98. The molecule has 3 atom stereocenters. The van der Waals surface area contributed by atoms with Crippen molar-refractivity contribution in [3.8, 4) is 0 Å². The molecule has 0 spiro atoms. The van der Waals surface area contributed by atoms with Crippen molar-refractivity contribution in [1.29, 1.82) is 0 Å². The van der Waals surface area contributed by atoms with E-state index in [1.807, 2.05) is 37.3 Å². The van der Waals surface area contributed by atoms with Gasteiger partial charge in [-0.3, -0.25) is 4.90 Å². The molecule has 7 heteroatoms. The molecule has 1 aliphatic heterocycles. The quantitative estimate of drug-likeness (QED) is 0.876. The van der Waals surface area contributed by atoms with Gasteiger partial charge in [0.25, 0.3) is 0 Å². The van der Waals surface area contributed by atoms with Gasteiger partial charge in [-0.15, -0.1) is 0 Å². The Bertz CT molecular complexity index is 708. The van der Waals surface area contributed by atoms with Crippen molar-refractivity contribution in [2.75, 3.05) is 16.8 Å². The predicted molar refractivity (Wildman–Crippen MR) is 89.8 cm³/mol. The molecule has 1 aliphatic rings. The Labute approximate surface area is 140 Å². The second kappa shape index (κ2) is 6.84. The molecule has 1 fully saturated rings. The summed E-state index contributed by atoms with van der Waals surface area (Å²) in [6.07, 6.45) is 0.348.